The fourth-order valence-electron chi connectivity index (χ4n) is 0.824. The number of H-pyrrole nitrogens is 1. The fraction of sp³-hybridized carbons (Fsp3) is 0.429. The van der Waals surface area contributed by atoms with E-state index in [1.165, 1.54) is 0 Å². The van der Waals surface area contributed by atoms with Gasteiger partial charge in [0.1, 0.15) is 14.1 Å². The Bertz CT molecular complexity index is 357. The largest absolute Gasteiger partial charge is 0.395 e. The van der Waals surface area contributed by atoms with Crippen LogP contribution in [0.15, 0.2) is 11.0 Å². The minimum Gasteiger partial charge on any atom is -0.395 e. The highest BCUT2D eigenvalue weighted by Crippen LogP contribution is 2.14. The minimum absolute atomic E-state index is 0.304. The number of hydrogen-bond donors (Lipinski definition) is 2. The van der Waals surface area contributed by atoms with Gasteiger partial charge in [0.2, 0.25) is 0 Å². The smallest absolute Gasteiger partial charge is 0.346 e. The van der Waals surface area contributed by atoms with Crippen LogP contribution in [0.4, 0.5) is 5.82 Å². The molecule has 6 heteroatoms. The van der Waals surface area contributed by atoms with Crippen LogP contribution in [0.3, 0.4) is 0 Å². The molecule has 0 radical (unpaired) electrons. The highest BCUT2D eigenvalue weighted by Gasteiger charge is 2.15. The van der Waals surface area contributed by atoms with E-state index in [4.69, 9.17) is 0 Å². The number of rotatable bonds is 2. The molecule has 0 fully saturated rings. The maximum absolute atomic E-state index is 10.9. The van der Waals surface area contributed by atoms with Crippen molar-refractivity contribution < 1.29 is 0 Å². The summed E-state index contributed by atoms with van der Waals surface area (Å²) in [4.78, 5) is 20.6. The van der Waals surface area contributed by atoms with E-state index in [9.17, 15) is 4.79 Å². The molecule has 1 aromatic heterocycles. The second-order valence-corrected chi connectivity index (χ2v) is 9.69. The number of anilines is 1. The maximum atomic E-state index is 10.9. The molecule has 1 heterocycles. The Morgan fingerprint density at radius 1 is 1.54 bits per heavy atom. The van der Waals surface area contributed by atoms with Crippen LogP contribution in [-0.2, 0) is 0 Å². The van der Waals surface area contributed by atoms with Gasteiger partial charge in [-0.15, -0.1) is 0 Å². The average molecular weight is 309 g/mol. The molecule has 0 bridgehead atoms. The van der Waals surface area contributed by atoms with Gasteiger partial charge >= 0.3 is 5.69 Å². The van der Waals surface area contributed by atoms with Crippen molar-refractivity contribution in [2.75, 3.05) is 4.98 Å². The molecule has 0 aliphatic carbocycles. The lowest BCUT2D eigenvalue weighted by molar-refractivity contribution is 1.07. The van der Waals surface area contributed by atoms with Gasteiger partial charge in [0, 0.05) is 6.20 Å². The van der Waals surface area contributed by atoms with E-state index in [1.54, 1.807) is 6.20 Å². The van der Waals surface area contributed by atoms with Gasteiger partial charge in [0.25, 0.3) is 0 Å². The average Bonchev–Trinajstić information content (AvgIpc) is 1.94. The van der Waals surface area contributed by atoms with Gasteiger partial charge in [-0.05, 0) is 22.6 Å². The third-order valence-electron chi connectivity index (χ3n) is 1.26. The van der Waals surface area contributed by atoms with E-state index in [0.717, 1.165) is 3.57 Å². The highest BCUT2D eigenvalue weighted by molar-refractivity contribution is 14.1. The first-order valence-corrected chi connectivity index (χ1v) is 8.50. The molecule has 0 unspecified atom stereocenters. The summed E-state index contributed by atoms with van der Waals surface area (Å²) in [6, 6.07) is 0. The second-order valence-electron chi connectivity index (χ2n) is 3.78. The molecule has 0 saturated heterocycles. The zero-order valence-corrected chi connectivity index (χ0v) is 11.0. The van der Waals surface area contributed by atoms with Gasteiger partial charge in [-0.25, -0.2) is 4.79 Å². The monoisotopic (exact) mass is 309 g/mol. The van der Waals surface area contributed by atoms with Gasteiger partial charge in [0.15, 0.2) is 0 Å². The van der Waals surface area contributed by atoms with E-state index in [2.05, 4.69) is 57.2 Å². The van der Waals surface area contributed by atoms with Crippen molar-refractivity contribution in [1.29, 1.82) is 0 Å². The number of halogens is 1. The van der Waals surface area contributed by atoms with Gasteiger partial charge in [0.05, 0.1) is 3.57 Å². The lowest BCUT2D eigenvalue weighted by Gasteiger charge is -2.18. The summed E-state index contributed by atoms with van der Waals surface area (Å²) in [5, 5.41) is 0. The van der Waals surface area contributed by atoms with Crippen LogP contribution in [0.1, 0.15) is 0 Å². The number of aromatic nitrogens is 2. The van der Waals surface area contributed by atoms with Crippen LogP contribution in [0, 0.1) is 3.57 Å². The van der Waals surface area contributed by atoms with Crippen molar-refractivity contribution in [3.05, 3.63) is 20.3 Å². The zero-order valence-electron chi connectivity index (χ0n) is 7.81. The van der Waals surface area contributed by atoms with Crippen LogP contribution in [-0.4, -0.2) is 18.2 Å². The Balaban J connectivity index is 3.01. The number of aromatic amines is 1. The fourth-order valence-corrected chi connectivity index (χ4v) is 2.39. The van der Waals surface area contributed by atoms with Gasteiger partial charge in [-0.1, -0.05) is 19.6 Å². The van der Waals surface area contributed by atoms with Crippen LogP contribution in [0.5, 0.6) is 0 Å². The summed E-state index contributed by atoms with van der Waals surface area (Å²) in [5.74, 6) is 0.698. The quantitative estimate of drug-likeness (QED) is 0.645. The molecule has 4 nitrogen and oxygen atoms in total. The van der Waals surface area contributed by atoms with Gasteiger partial charge in [-0.3, -0.25) is 0 Å². The molecular weight excluding hydrogens is 297 g/mol. The number of nitrogens with one attached hydrogen (secondary N) is 2. The van der Waals surface area contributed by atoms with Crippen molar-refractivity contribution in [2.45, 2.75) is 19.6 Å². The molecule has 0 aliphatic heterocycles. The third kappa shape index (κ3) is 3.47. The molecule has 0 amide bonds. The standard InChI is InChI=1S/C7H12IN3OSi/c1-13(2,3)11-6-5(8)4-9-7(12)10-6/h4H,1-3H3,(H2,9,10,11,12). The summed E-state index contributed by atoms with van der Waals surface area (Å²) >= 11 is 2.14. The summed E-state index contributed by atoms with van der Waals surface area (Å²) in [5.41, 5.74) is -0.304. The third-order valence-corrected chi connectivity index (χ3v) is 3.06. The predicted octanol–water partition coefficient (Wildman–Crippen LogP) is 1.62. The minimum atomic E-state index is -1.42. The van der Waals surface area contributed by atoms with Crippen LogP contribution < -0.4 is 10.7 Å². The topological polar surface area (TPSA) is 57.8 Å². The van der Waals surface area contributed by atoms with E-state index in [-0.39, 0.29) is 5.69 Å². The summed E-state index contributed by atoms with van der Waals surface area (Å²) in [6.07, 6.45) is 1.67. The molecule has 1 aromatic rings. The molecule has 13 heavy (non-hydrogen) atoms. The van der Waals surface area contributed by atoms with E-state index in [1.807, 2.05) is 0 Å². The van der Waals surface area contributed by atoms with E-state index in [0.29, 0.717) is 5.82 Å². The highest BCUT2D eigenvalue weighted by atomic mass is 127. The summed E-state index contributed by atoms with van der Waals surface area (Å²) < 4.78 is 0.944. The van der Waals surface area contributed by atoms with Crippen molar-refractivity contribution in [3.8, 4) is 0 Å². The molecule has 0 spiro atoms. The van der Waals surface area contributed by atoms with E-state index >= 15 is 0 Å². The summed E-state index contributed by atoms with van der Waals surface area (Å²) in [7, 11) is -1.42. The number of nitrogens with zero attached hydrogens (tertiary/aromatic N) is 1. The first-order valence-electron chi connectivity index (χ1n) is 3.92. The lowest BCUT2D eigenvalue weighted by atomic mass is 10.6. The van der Waals surface area contributed by atoms with Crippen LogP contribution in [0.25, 0.3) is 0 Å². The Hall–Kier alpha value is -0.373. The molecule has 0 saturated carbocycles. The normalized spacial score (nSPS) is 11.4. The Kier molecular flexibility index (Phi) is 3.12. The van der Waals surface area contributed by atoms with Crippen molar-refractivity contribution in [2.24, 2.45) is 0 Å². The Morgan fingerprint density at radius 2 is 2.15 bits per heavy atom. The van der Waals surface area contributed by atoms with Crippen molar-refractivity contribution in [3.63, 3.8) is 0 Å². The second kappa shape index (κ2) is 3.78. The lowest BCUT2D eigenvalue weighted by Crippen LogP contribution is -2.34. The van der Waals surface area contributed by atoms with Gasteiger partial charge in [-0.2, -0.15) is 4.98 Å². The van der Waals surface area contributed by atoms with Gasteiger partial charge < -0.3 is 9.97 Å². The van der Waals surface area contributed by atoms with Crippen molar-refractivity contribution in [1.82, 2.24) is 9.97 Å². The molecular formula is C7H12IN3OSi. The summed E-state index contributed by atoms with van der Waals surface area (Å²) in [6.45, 7) is 6.48. The zero-order chi connectivity index (χ0) is 10.1. The SMILES string of the molecule is C[Si](C)(C)Nc1nc(=O)[nH]cc1I. The van der Waals surface area contributed by atoms with E-state index < -0.39 is 8.24 Å². The predicted molar refractivity (Wildman–Crippen MR) is 64.5 cm³/mol. The maximum Gasteiger partial charge on any atom is 0.346 e. The molecule has 72 valence electrons. The molecule has 1 rings (SSSR count). The molecule has 2 N–H and O–H groups in total. The number of hydrogen-bond acceptors (Lipinski definition) is 3. The first-order chi connectivity index (χ1) is 5.88. The molecule has 0 aromatic carbocycles. The van der Waals surface area contributed by atoms with Crippen molar-refractivity contribution >= 4 is 36.6 Å². The first kappa shape index (κ1) is 10.7. The van der Waals surface area contributed by atoms with Crippen LogP contribution in [0.2, 0.25) is 19.6 Å². The Labute approximate surface area is 91.4 Å². The molecule has 0 aliphatic rings. The molecule has 0 atom stereocenters. The van der Waals surface area contributed by atoms with Crippen LogP contribution >= 0.6 is 22.6 Å². The Morgan fingerprint density at radius 3 is 2.69 bits per heavy atom.